The third-order valence-electron chi connectivity index (χ3n) is 4.35. The van der Waals surface area contributed by atoms with Gasteiger partial charge in [-0.15, -0.1) is 0 Å². The first-order valence-corrected chi connectivity index (χ1v) is 10.9. The zero-order chi connectivity index (χ0) is 21.8. The van der Waals surface area contributed by atoms with E-state index >= 15 is 0 Å². The summed E-state index contributed by atoms with van der Waals surface area (Å²) in [7, 11) is 0. The molecule has 0 amide bonds. The highest BCUT2D eigenvalue weighted by atomic mass is 32.1. The van der Waals surface area contributed by atoms with Gasteiger partial charge in [0.05, 0.1) is 12.3 Å². The van der Waals surface area contributed by atoms with Gasteiger partial charge >= 0.3 is 0 Å². The first-order valence-electron chi connectivity index (χ1n) is 10.1. The van der Waals surface area contributed by atoms with E-state index < -0.39 is 0 Å². The van der Waals surface area contributed by atoms with E-state index in [0.717, 1.165) is 19.6 Å². The second kappa shape index (κ2) is 13.2. The van der Waals surface area contributed by atoms with Crippen molar-refractivity contribution in [3.8, 4) is 0 Å². The van der Waals surface area contributed by atoms with Crippen LogP contribution < -0.4 is 21.5 Å². The lowest BCUT2D eigenvalue weighted by Crippen LogP contribution is -2.48. The number of hydrogen-bond acceptors (Lipinski definition) is 6. The number of thiocarbonyl (C=S) groups is 2. The lowest BCUT2D eigenvalue weighted by atomic mass is 10.1. The van der Waals surface area contributed by atoms with E-state index in [1.165, 1.54) is 5.56 Å². The van der Waals surface area contributed by atoms with Crippen molar-refractivity contribution in [2.75, 3.05) is 32.8 Å². The van der Waals surface area contributed by atoms with Gasteiger partial charge in [0.25, 0.3) is 0 Å². The molecule has 0 radical (unpaired) electrons. The van der Waals surface area contributed by atoms with Crippen molar-refractivity contribution in [1.82, 2.24) is 26.4 Å². The van der Waals surface area contributed by atoms with Crippen LogP contribution in [0.1, 0.15) is 26.3 Å². The molecule has 0 saturated carbocycles. The highest BCUT2D eigenvalue weighted by Crippen LogP contribution is 2.12. The maximum absolute atomic E-state index is 6.04. The summed E-state index contributed by atoms with van der Waals surface area (Å²) < 4.78 is 6.04. The Kier molecular flexibility index (Phi) is 10.6. The summed E-state index contributed by atoms with van der Waals surface area (Å²) >= 11 is 10.4. The molecule has 0 bridgehead atoms. The van der Waals surface area contributed by atoms with Gasteiger partial charge in [-0.3, -0.25) is 15.8 Å². The summed E-state index contributed by atoms with van der Waals surface area (Å²) in [6.07, 6.45) is -0.238. The molecule has 10 heteroatoms. The molecule has 0 spiro atoms. The molecule has 1 aromatic carbocycles. The number of benzene rings is 1. The summed E-state index contributed by atoms with van der Waals surface area (Å²) in [6.45, 7) is 10.3. The monoisotopic (exact) mass is 449 g/mol. The summed E-state index contributed by atoms with van der Waals surface area (Å²) in [6, 6.07) is 10.4. The summed E-state index contributed by atoms with van der Waals surface area (Å²) in [4.78, 5) is 2.35. The number of nitrogens with zero attached hydrogens (tertiary/aromatic N) is 3. The number of hydrogen-bond donors (Lipinski definition) is 4. The van der Waals surface area contributed by atoms with Gasteiger partial charge in [0.2, 0.25) is 0 Å². The van der Waals surface area contributed by atoms with Crippen LogP contribution >= 0.6 is 24.4 Å². The topological polar surface area (TPSA) is 85.3 Å². The Morgan fingerprint density at radius 1 is 1.07 bits per heavy atom. The van der Waals surface area contributed by atoms with Gasteiger partial charge in [-0.2, -0.15) is 10.2 Å². The predicted molar refractivity (Wildman–Crippen MR) is 131 cm³/mol. The normalized spacial score (nSPS) is 17.9. The standard InChI is InChI=1S/C20H31N7OS2/c1-4-21-19(29)25-23-15(3)18(24-26-20(30)22-5-2)17-14-27(11-12-28-17)13-16-9-7-6-8-10-16/h6-10,17H,4-5,11-14H2,1-3H3,(H2,21,25,29)(H2,22,26,30)/b23-15+,24-18-. The number of morpholine rings is 1. The molecule has 1 atom stereocenters. The summed E-state index contributed by atoms with van der Waals surface area (Å²) in [5.74, 6) is 0. The smallest absolute Gasteiger partial charge is 0.186 e. The first-order chi connectivity index (χ1) is 14.5. The molecule has 8 nitrogen and oxygen atoms in total. The Morgan fingerprint density at radius 2 is 1.70 bits per heavy atom. The van der Waals surface area contributed by atoms with Gasteiger partial charge < -0.3 is 15.4 Å². The minimum Gasteiger partial charge on any atom is -0.369 e. The van der Waals surface area contributed by atoms with Crippen molar-refractivity contribution >= 4 is 46.1 Å². The van der Waals surface area contributed by atoms with Gasteiger partial charge in [-0.05, 0) is 50.8 Å². The molecule has 1 saturated heterocycles. The van der Waals surface area contributed by atoms with E-state index in [9.17, 15) is 0 Å². The van der Waals surface area contributed by atoms with Crippen molar-refractivity contribution in [2.45, 2.75) is 33.4 Å². The highest BCUT2D eigenvalue weighted by Gasteiger charge is 2.27. The van der Waals surface area contributed by atoms with Crippen molar-refractivity contribution in [1.29, 1.82) is 0 Å². The van der Waals surface area contributed by atoms with Crippen LogP contribution in [0.2, 0.25) is 0 Å². The number of hydrazone groups is 2. The maximum atomic E-state index is 6.04. The Bertz CT molecular complexity index is 755. The average molecular weight is 450 g/mol. The summed E-state index contributed by atoms with van der Waals surface area (Å²) in [5.41, 5.74) is 8.37. The Hall–Kier alpha value is -2.14. The van der Waals surface area contributed by atoms with Crippen LogP contribution in [0, 0.1) is 0 Å². The zero-order valence-electron chi connectivity index (χ0n) is 17.8. The molecule has 0 aromatic heterocycles. The number of rotatable bonds is 8. The van der Waals surface area contributed by atoms with E-state index in [4.69, 9.17) is 29.2 Å². The molecule has 1 unspecified atom stereocenters. The lowest BCUT2D eigenvalue weighted by Gasteiger charge is -2.33. The molecule has 1 heterocycles. The van der Waals surface area contributed by atoms with Crippen LogP contribution in [0.25, 0.3) is 0 Å². The lowest BCUT2D eigenvalue weighted by molar-refractivity contribution is 0.00403. The zero-order valence-corrected chi connectivity index (χ0v) is 19.4. The SMILES string of the molecule is CCNC(=S)N/N=C(/C(C)=N/NC(=S)NCC)C1CN(Cc2ccccc2)CCO1. The van der Waals surface area contributed by atoms with Crippen LogP contribution in [0.4, 0.5) is 0 Å². The van der Waals surface area contributed by atoms with Gasteiger partial charge in [-0.25, -0.2) is 0 Å². The Morgan fingerprint density at radius 3 is 2.33 bits per heavy atom. The van der Waals surface area contributed by atoms with E-state index in [-0.39, 0.29) is 6.10 Å². The van der Waals surface area contributed by atoms with Crippen LogP contribution in [0.15, 0.2) is 40.5 Å². The largest absolute Gasteiger partial charge is 0.369 e. The molecule has 164 valence electrons. The molecule has 1 fully saturated rings. The minimum absolute atomic E-state index is 0.238. The first kappa shape index (κ1) is 24.1. The van der Waals surface area contributed by atoms with Gasteiger partial charge in [0.1, 0.15) is 11.8 Å². The molecule has 2 rings (SSSR count). The second-order valence-corrected chi connectivity index (χ2v) is 7.53. The van der Waals surface area contributed by atoms with Gasteiger partial charge in [-0.1, -0.05) is 30.3 Å². The molecule has 1 aromatic rings. The van der Waals surface area contributed by atoms with Crippen LogP contribution in [-0.4, -0.2) is 65.4 Å². The highest BCUT2D eigenvalue weighted by molar-refractivity contribution is 7.80. The molecule has 4 N–H and O–H groups in total. The van der Waals surface area contributed by atoms with E-state index in [1.54, 1.807) is 0 Å². The quantitative estimate of drug-likeness (QED) is 0.271. The molecular formula is C20H31N7OS2. The van der Waals surface area contributed by atoms with Gasteiger partial charge in [0.15, 0.2) is 10.2 Å². The fourth-order valence-electron chi connectivity index (χ4n) is 2.94. The number of nitrogens with one attached hydrogen (secondary N) is 4. The van der Waals surface area contributed by atoms with Crippen molar-refractivity contribution in [3.63, 3.8) is 0 Å². The maximum Gasteiger partial charge on any atom is 0.186 e. The predicted octanol–water partition coefficient (Wildman–Crippen LogP) is 1.59. The van der Waals surface area contributed by atoms with E-state index in [0.29, 0.717) is 41.3 Å². The minimum atomic E-state index is -0.238. The van der Waals surface area contributed by atoms with Crippen LogP contribution in [0.3, 0.4) is 0 Å². The van der Waals surface area contributed by atoms with Crippen LogP contribution in [-0.2, 0) is 11.3 Å². The Labute approximate surface area is 189 Å². The number of ether oxygens (including phenoxy) is 1. The van der Waals surface area contributed by atoms with Crippen LogP contribution in [0.5, 0.6) is 0 Å². The summed E-state index contributed by atoms with van der Waals surface area (Å²) in [5, 5.41) is 15.8. The van der Waals surface area contributed by atoms with E-state index in [2.05, 4.69) is 60.9 Å². The average Bonchev–Trinajstić information content (AvgIpc) is 2.74. The molecule has 1 aliphatic rings. The van der Waals surface area contributed by atoms with Crippen molar-refractivity contribution < 1.29 is 4.74 Å². The van der Waals surface area contributed by atoms with Crippen molar-refractivity contribution in [2.24, 2.45) is 10.2 Å². The second-order valence-electron chi connectivity index (χ2n) is 6.72. The van der Waals surface area contributed by atoms with E-state index in [1.807, 2.05) is 26.8 Å². The third kappa shape index (κ3) is 8.31. The fraction of sp³-hybridized carbons (Fsp3) is 0.500. The molecule has 30 heavy (non-hydrogen) atoms. The Balaban J connectivity index is 2.13. The molecule has 1 aliphatic heterocycles. The fourth-order valence-corrected chi connectivity index (χ4v) is 3.32. The third-order valence-corrected chi connectivity index (χ3v) is 4.82. The van der Waals surface area contributed by atoms with Crippen molar-refractivity contribution in [3.05, 3.63) is 35.9 Å². The molecule has 0 aliphatic carbocycles. The van der Waals surface area contributed by atoms with Gasteiger partial charge in [0, 0.05) is 32.7 Å². The molecular weight excluding hydrogens is 418 g/mol.